The minimum Gasteiger partial charge on any atom is -0.464 e. The van der Waals surface area contributed by atoms with Gasteiger partial charge in [-0.2, -0.15) is 9.40 Å². The number of carboxylic acid groups (broad SMARTS) is 1. The van der Waals surface area contributed by atoms with Gasteiger partial charge in [0, 0.05) is 30.7 Å². The fourth-order valence-corrected chi connectivity index (χ4v) is 5.41. The van der Waals surface area contributed by atoms with Crippen LogP contribution in [0.2, 0.25) is 0 Å². The normalized spacial score (nSPS) is 11.7. The van der Waals surface area contributed by atoms with Crippen LogP contribution in [-0.2, 0) is 16.6 Å². The molecule has 8 nitrogen and oxygen atoms in total. The number of sulfonamides is 1. The van der Waals surface area contributed by atoms with E-state index in [4.69, 9.17) is 0 Å². The van der Waals surface area contributed by atoms with E-state index >= 15 is 8.78 Å². The van der Waals surface area contributed by atoms with E-state index in [-0.39, 0.29) is 22.9 Å². The van der Waals surface area contributed by atoms with Gasteiger partial charge in [-0.1, -0.05) is 13.8 Å². The fraction of sp³-hybridized carbons (Fsp3) is 0.192. The molecule has 4 aromatic rings. The van der Waals surface area contributed by atoms with Gasteiger partial charge in [0.25, 0.3) is 10.0 Å². The number of anilines is 1. The highest BCUT2D eigenvalue weighted by atomic mass is 32.2. The first-order valence-corrected chi connectivity index (χ1v) is 13.1. The van der Waals surface area contributed by atoms with Crippen LogP contribution in [0.3, 0.4) is 0 Å². The molecular weight excluding hydrogens is 540 g/mol. The Bertz CT molecular complexity index is 1680. The van der Waals surface area contributed by atoms with Crippen molar-refractivity contribution >= 4 is 21.8 Å². The maximum atomic E-state index is 16.3. The summed E-state index contributed by atoms with van der Waals surface area (Å²) in [5.74, 6) is -5.96. The molecule has 0 bridgehead atoms. The van der Waals surface area contributed by atoms with Crippen molar-refractivity contribution in [3.63, 3.8) is 0 Å². The molecule has 13 heteroatoms. The summed E-state index contributed by atoms with van der Waals surface area (Å²) in [4.78, 5) is 14.9. The molecule has 0 aliphatic rings. The number of carbonyl (C=O) groups is 1. The molecule has 1 N–H and O–H groups in total. The summed E-state index contributed by atoms with van der Waals surface area (Å²) in [5.41, 5.74) is -1.57. The Hall–Kier alpha value is -4.26. The molecule has 2 aromatic carbocycles. The zero-order valence-corrected chi connectivity index (χ0v) is 21.7. The second kappa shape index (κ2) is 10.5. The van der Waals surface area contributed by atoms with Gasteiger partial charge < -0.3 is 5.11 Å². The lowest BCUT2D eigenvalue weighted by atomic mass is 9.94. The zero-order chi connectivity index (χ0) is 28.6. The molecule has 4 rings (SSSR count). The van der Waals surface area contributed by atoms with E-state index in [0.717, 1.165) is 6.07 Å². The van der Waals surface area contributed by atoms with Gasteiger partial charge >= 0.3 is 6.09 Å². The van der Waals surface area contributed by atoms with Crippen LogP contribution in [0.25, 0.3) is 22.4 Å². The summed E-state index contributed by atoms with van der Waals surface area (Å²) in [6.45, 7) is 5.11. The first-order valence-electron chi connectivity index (χ1n) is 11.6. The molecule has 0 spiro atoms. The lowest BCUT2D eigenvalue weighted by Gasteiger charge is -2.23. The lowest BCUT2D eigenvalue weighted by molar-refractivity contribution is 0.206. The maximum Gasteiger partial charge on any atom is 0.426 e. The summed E-state index contributed by atoms with van der Waals surface area (Å²) >= 11 is 0. The molecule has 0 saturated heterocycles. The molecular formula is C26H22F4N4O4S. The molecule has 0 radical (unpaired) electrons. The number of hydrogen-bond acceptors (Lipinski definition) is 5. The molecule has 1 amide bonds. The number of amides is 1. The van der Waals surface area contributed by atoms with Crippen molar-refractivity contribution < 1.29 is 35.9 Å². The van der Waals surface area contributed by atoms with Crippen molar-refractivity contribution in [1.82, 2.24) is 14.8 Å². The SMILES string of the molecule is CCn1cc(-c2ccncc2)c(-c2c(F)c(C(C)C)cc(N(C(=O)O)S(=O)(=O)c3cc(F)ccc3F)c2F)n1. The van der Waals surface area contributed by atoms with E-state index in [1.165, 1.54) is 37.1 Å². The first-order chi connectivity index (χ1) is 18.4. The third-order valence-electron chi connectivity index (χ3n) is 5.95. The van der Waals surface area contributed by atoms with E-state index in [1.807, 2.05) is 0 Å². The Balaban J connectivity index is 2.08. The molecule has 0 aliphatic heterocycles. The highest BCUT2D eigenvalue weighted by molar-refractivity contribution is 7.93. The van der Waals surface area contributed by atoms with Gasteiger partial charge in [-0.3, -0.25) is 9.67 Å². The fourth-order valence-electron chi connectivity index (χ4n) is 4.04. The van der Waals surface area contributed by atoms with Crippen LogP contribution in [0, 0.1) is 23.3 Å². The van der Waals surface area contributed by atoms with Crippen molar-refractivity contribution in [1.29, 1.82) is 0 Å². The van der Waals surface area contributed by atoms with Crippen LogP contribution < -0.4 is 4.31 Å². The maximum absolute atomic E-state index is 16.3. The molecule has 2 heterocycles. The van der Waals surface area contributed by atoms with E-state index < -0.39 is 65.8 Å². The Morgan fingerprint density at radius 3 is 2.31 bits per heavy atom. The number of rotatable bonds is 7. The summed E-state index contributed by atoms with van der Waals surface area (Å²) in [7, 11) is -5.42. The predicted octanol–water partition coefficient (Wildman–Crippen LogP) is 6.19. The molecule has 0 saturated carbocycles. The number of halogens is 4. The third kappa shape index (κ3) is 4.97. The van der Waals surface area contributed by atoms with Gasteiger partial charge in [0.1, 0.15) is 33.7 Å². The second-order valence-corrected chi connectivity index (χ2v) is 10.5. The van der Waals surface area contributed by atoms with E-state index in [0.29, 0.717) is 24.2 Å². The highest BCUT2D eigenvalue weighted by Crippen LogP contribution is 2.42. The number of pyridine rings is 1. The van der Waals surface area contributed by atoms with Gasteiger partial charge in [0.05, 0.1) is 5.56 Å². The Morgan fingerprint density at radius 2 is 1.72 bits per heavy atom. The van der Waals surface area contributed by atoms with E-state index in [2.05, 4.69) is 10.1 Å². The Kier molecular flexibility index (Phi) is 7.46. The number of aryl methyl sites for hydroxylation is 1. The standard InChI is InChI=1S/C26H22F4N4O4S/c1-4-33-13-18(15-7-9-31-10-8-15)25(32-33)22-23(29)17(14(2)3)12-20(24(22)30)34(26(35)36)39(37,38)21-11-16(27)5-6-19(21)28/h5-14H,4H2,1-3H3,(H,35,36). The molecule has 0 aliphatic carbocycles. The first kappa shape index (κ1) is 27.8. The van der Waals surface area contributed by atoms with Crippen molar-refractivity contribution in [3.8, 4) is 22.4 Å². The summed E-state index contributed by atoms with van der Waals surface area (Å²) in [5, 5.41) is 14.2. The van der Waals surface area contributed by atoms with Crippen molar-refractivity contribution in [2.75, 3.05) is 4.31 Å². The van der Waals surface area contributed by atoms with Crippen LogP contribution in [0.1, 0.15) is 32.3 Å². The van der Waals surface area contributed by atoms with Crippen molar-refractivity contribution in [3.05, 3.63) is 83.8 Å². The lowest BCUT2D eigenvalue weighted by Crippen LogP contribution is -2.37. The van der Waals surface area contributed by atoms with Gasteiger partial charge in [-0.15, -0.1) is 0 Å². The average molecular weight is 563 g/mol. The molecule has 39 heavy (non-hydrogen) atoms. The van der Waals surface area contributed by atoms with Crippen molar-refractivity contribution in [2.45, 2.75) is 38.1 Å². The Morgan fingerprint density at radius 1 is 1.05 bits per heavy atom. The van der Waals surface area contributed by atoms with Gasteiger partial charge in [-0.25, -0.2) is 30.8 Å². The monoisotopic (exact) mass is 562 g/mol. The largest absolute Gasteiger partial charge is 0.464 e. The highest BCUT2D eigenvalue weighted by Gasteiger charge is 2.38. The topological polar surface area (TPSA) is 105 Å². The quantitative estimate of drug-likeness (QED) is 0.270. The van der Waals surface area contributed by atoms with Gasteiger partial charge in [-0.05, 0) is 60.4 Å². The second-order valence-electron chi connectivity index (χ2n) is 8.75. The van der Waals surface area contributed by atoms with Gasteiger partial charge in [0.15, 0.2) is 5.82 Å². The number of hydrogen-bond donors (Lipinski definition) is 1. The molecule has 0 fully saturated rings. The summed E-state index contributed by atoms with van der Waals surface area (Å²) in [6.07, 6.45) is 2.21. The van der Waals surface area contributed by atoms with Gasteiger partial charge in [0.2, 0.25) is 0 Å². The van der Waals surface area contributed by atoms with Crippen LogP contribution in [0.4, 0.5) is 28.0 Å². The number of nitrogens with zero attached hydrogens (tertiary/aromatic N) is 4. The summed E-state index contributed by atoms with van der Waals surface area (Å²) in [6, 6.07) is 5.28. The van der Waals surface area contributed by atoms with Crippen LogP contribution in [0.15, 0.2) is 59.9 Å². The van der Waals surface area contributed by atoms with Crippen LogP contribution >= 0.6 is 0 Å². The Labute approximate surface area is 221 Å². The molecule has 204 valence electrons. The third-order valence-corrected chi connectivity index (χ3v) is 7.65. The van der Waals surface area contributed by atoms with Crippen LogP contribution in [0.5, 0.6) is 0 Å². The predicted molar refractivity (Wildman–Crippen MR) is 135 cm³/mol. The molecule has 0 atom stereocenters. The number of aromatic nitrogens is 3. The van der Waals surface area contributed by atoms with E-state index in [1.54, 1.807) is 19.1 Å². The summed E-state index contributed by atoms with van der Waals surface area (Å²) < 4.78 is 88.1. The van der Waals surface area contributed by atoms with Crippen molar-refractivity contribution in [2.24, 2.45) is 0 Å². The molecule has 2 aromatic heterocycles. The van der Waals surface area contributed by atoms with Crippen LogP contribution in [-0.4, -0.2) is 34.4 Å². The average Bonchev–Trinajstić information content (AvgIpc) is 3.31. The number of benzene rings is 2. The minimum atomic E-state index is -5.42. The smallest absolute Gasteiger partial charge is 0.426 e. The zero-order valence-electron chi connectivity index (χ0n) is 20.9. The molecule has 0 unspecified atom stereocenters. The van der Waals surface area contributed by atoms with E-state index in [9.17, 15) is 27.1 Å². The minimum absolute atomic E-state index is 0.221.